The lowest BCUT2D eigenvalue weighted by molar-refractivity contribution is -0.130. The standard InChI is InChI=1S/C18H19BrN2O2/c1-2-21(13-14-8-4-3-5-9-14)17(22)12-20-18(23)15-10-6-7-11-16(15)19/h3-11H,2,12-13H2,1H3,(H,20,23). The average molecular weight is 375 g/mol. The van der Waals surface area contributed by atoms with Crippen molar-refractivity contribution in [3.63, 3.8) is 0 Å². The molecule has 2 aromatic rings. The summed E-state index contributed by atoms with van der Waals surface area (Å²) in [7, 11) is 0. The number of halogens is 1. The Balaban J connectivity index is 1.92. The molecule has 0 radical (unpaired) electrons. The Kier molecular flexibility index (Phi) is 6.35. The minimum absolute atomic E-state index is 0.0131. The van der Waals surface area contributed by atoms with E-state index in [1.807, 2.05) is 43.3 Å². The Morgan fingerprint density at radius 3 is 2.35 bits per heavy atom. The summed E-state index contributed by atoms with van der Waals surface area (Å²) in [6.45, 7) is 3.05. The maximum absolute atomic E-state index is 12.3. The molecule has 0 saturated heterocycles. The molecular weight excluding hydrogens is 356 g/mol. The lowest BCUT2D eigenvalue weighted by atomic mass is 10.2. The molecular formula is C18H19BrN2O2. The molecule has 0 unspecified atom stereocenters. The van der Waals surface area contributed by atoms with Crippen molar-refractivity contribution in [3.05, 3.63) is 70.2 Å². The van der Waals surface area contributed by atoms with Crippen molar-refractivity contribution in [2.75, 3.05) is 13.1 Å². The zero-order valence-corrected chi connectivity index (χ0v) is 14.5. The predicted octanol–water partition coefficient (Wildman–Crippen LogP) is 3.23. The third-order valence-electron chi connectivity index (χ3n) is 3.47. The zero-order chi connectivity index (χ0) is 16.7. The van der Waals surface area contributed by atoms with Gasteiger partial charge in [-0.25, -0.2) is 0 Å². The van der Waals surface area contributed by atoms with Crippen molar-refractivity contribution in [1.82, 2.24) is 10.2 Å². The van der Waals surface area contributed by atoms with E-state index in [2.05, 4.69) is 21.2 Å². The fourth-order valence-corrected chi connectivity index (χ4v) is 2.65. The van der Waals surface area contributed by atoms with Crippen LogP contribution in [0, 0.1) is 0 Å². The molecule has 0 saturated carbocycles. The minimum atomic E-state index is -0.262. The van der Waals surface area contributed by atoms with E-state index in [-0.39, 0.29) is 18.4 Å². The van der Waals surface area contributed by atoms with E-state index in [0.717, 1.165) is 5.56 Å². The number of amides is 2. The second-order valence-electron chi connectivity index (χ2n) is 5.06. The summed E-state index contributed by atoms with van der Waals surface area (Å²) < 4.78 is 0.710. The maximum Gasteiger partial charge on any atom is 0.252 e. The Morgan fingerprint density at radius 2 is 1.70 bits per heavy atom. The molecule has 5 heteroatoms. The molecule has 0 atom stereocenters. The van der Waals surface area contributed by atoms with Crippen molar-refractivity contribution in [2.24, 2.45) is 0 Å². The molecule has 0 aromatic heterocycles. The molecule has 0 aliphatic carbocycles. The van der Waals surface area contributed by atoms with Gasteiger partial charge in [-0.05, 0) is 40.5 Å². The Labute approximate surface area is 144 Å². The lowest BCUT2D eigenvalue weighted by Crippen LogP contribution is -2.39. The van der Waals surface area contributed by atoms with Crippen LogP contribution in [0.25, 0.3) is 0 Å². The number of hydrogen-bond acceptors (Lipinski definition) is 2. The third-order valence-corrected chi connectivity index (χ3v) is 4.16. The Bertz CT molecular complexity index is 674. The number of nitrogens with one attached hydrogen (secondary N) is 1. The number of likely N-dealkylation sites (N-methyl/N-ethyl adjacent to an activating group) is 1. The lowest BCUT2D eigenvalue weighted by Gasteiger charge is -2.21. The normalized spacial score (nSPS) is 10.2. The molecule has 23 heavy (non-hydrogen) atoms. The summed E-state index contributed by atoms with van der Waals surface area (Å²) >= 11 is 3.33. The summed E-state index contributed by atoms with van der Waals surface area (Å²) in [5.74, 6) is -0.363. The van der Waals surface area contributed by atoms with Gasteiger partial charge in [0.15, 0.2) is 0 Å². The van der Waals surface area contributed by atoms with Gasteiger partial charge in [0, 0.05) is 17.6 Å². The van der Waals surface area contributed by atoms with E-state index in [9.17, 15) is 9.59 Å². The van der Waals surface area contributed by atoms with Crippen LogP contribution >= 0.6 is 15.9 Å². The predicted molar refractivity (Wildman–Crippen MR) is 94.0 cm³/mol. The van der Waals surface area contributed by atoms with E-state index in [0.29, 0.717) is 23.1 Å². The van der Waals surface area contributed by atoms with Crippen LogP contribution in [-0.2, 0) is 11.3 Å². The van der Waals surface area contributed by atoms with E-state index >= 15 is 0 Å². The number of benzene rings is 2. The van der Waals surface area contributed by atoms with E-state index in [4.69, 9.17) is 0 Å². The number of rotatable bonds is 6. The number of nitrogens with zero attached hydrogens (tertiary/aromatic N) is 1. The van der Waals surface area contributed by atoms with E-state index in [1.54, 1.807) is 23.1 Å². The number of carbonyl (C=O) groups is 2. The molecule has 0 fully saturated rings. The van der Waals surface area contributed by atoms with Crippen molar-refractivity contribution in [1.29, 1.82) is 0 Å². The minimum Gasteiger partial charge on any atom is -0.343 e. The van der Waals surface area contributed by atoms with Crippen molar-refractivity contribution < 1.29 is 9.59 Å². The smallest absolute Gasteiger partial charge is 0.252 e. The quantitative estimate of drug-likeness (QED) is 0.843. The first-order valence-corrected chi connectivity index (χ1v) is 8.25. The zero-order valence-electron chi connectivity index (χ0n) is 13.0. The molecule has 120 valence electrons. The fraction of sp³-hybridized carbons (Fsp3) is 0.222. The molecule has 0 spiro atoms. The molecule has 4 nitrogen and oxygen atoms in total. The third kappa shape index (κ3) is 4.93. The molecule has 2 amide bonds. The van der Waals surface area contributed by atoms with Crippen LogP contribution in [0.15, 0.2) is 59.1 Å². The second-order valence-corrected chi connectivity index (χ2v) is 5.91. The van der Waals surface area contributed by atoms with Gasteiger partial charge in [-0.2, -0.15) is 0 Å². The highest BCUT2D eigenvalue weighted by atomic mass is 79.9. The maximum atomic E-state index is 12.3. The summed E-state index contributed by atoms with van der Waals surface area (Å²) in [4.78, 5) is 26.1. The summed E-state index contributed by atoms with van der Waals surface area (Å²) in [6, 6.07) is 16.9. The van der Waals surface area contributed by atoms with Crippen LogP contribution in [0.3, 0.4) is 0 Å². The van der Waals surface area contributed by atoms with Crippen LogP contribution in [0.1, 0.15) is 22.8 Å². The highest BCUT2D eigenvalue weighted by Crippen LogP contribution is 2.15. The second kappa shape index (κ2) is 8.48. The van der Waals surface area contributed by atoms with Gasteiger partial charge in [0.25, 0.3) is 5.91 Å². The van der Waals surface area contributed by atoms with Crippen molar-refractivity contribution in [3.8, 4) is 0 Å². The molecule has 2 aromatic carbocycles. The van der Waals surface area contributed by atoms with Crippen LogP contribution in [0.2, 0.25) is 0 Å². The summed E-state index contributed by atoms with van der Waals surface area (Å²) in [5.41, 5.74) is 1.59. The first kappa shape index (κ1) is 17.2. The number of carbonyl (C=O) groups excluding carboxylic acids is 2. The van der Waals surface area contributed by atoms with Crippen LogP contribution in [0.5, 0.6) is 0 Å². The highest BCUT2D eigenvalue weighted by Gasteiger charge is 2.15. The fourth-order valence-electron chi connectivity index (χ4n) is 2.19. The Hall–Kier alpha value is -2.14. The van der Waals surface area contributed by atoms with Crippen LogP contribution in [0.4, 0.5) is 0 Å². The average Bonchev–Trinajstić information content (AvgIpc) is 2.58. The van der Waals surface area contributed by atoms with Gasteiger partial charge in [0.2, 0.25) is 5.91 Å². The SMILES string of the molecule is CCN(Cc1ccccc1)C(=O)CNC(=O)c1ccccc1Br. The van der Waals surface area contributed by atoms with Gasteiger partial charge in [0.1, 0.15) is 0 Å². The van der Waals surface area contributed by atoms with Gasteiger partial charge < -0.3 is 10.2 Å². The van der Waals surface area contributed by atoms with Crippen LogP contribution < -0.4 is 5.32 Å². The topological polar surface area (TPSA) is 49.4 Å². The van der Waals surface area contributed by atoms with E-state index < -0.39 is 0 Å². The van der Waals surface area contributed by atoms with Gasteiger partial charge in [-0.1, -0.05) is 42.5 Å². The highest BCUT2D eigenvalue weighted by molar-refractivity contribution is 9.10. The van der Waals surface area contributed by atoms with Gasteiger partial charge >= 0.3 is 0 Å². The largest absolute Gasteiger partial charge is 0.343 e. The molecule has 0 bridgehead atoms. The van der Waals surface area contributed by atoms with E-state index in [1.165, 1.54) is 0 Å². The van der Waals surface area contributed by atoms with Gasteiger partial charge in [-0.15, -0.1) is 0 Å². The molecule has 0 aliphatic rings. The molecule has 1 N–H and O–H groups in total. The molecule has 0 heterocycles. The summed E-state index contributed by atoms with van der Waals surface area (Å²) in [6.07, 6.45) is 0. The van der Waals surface area contributed by atoms with Gasteiger partial charge in [-0.3, -0.25) is 9.59 Å². The summed E-state index contributed by atoms with van der Waals surface area (Å²) in [5, 5.41) is 2.68. The van der Waals surface area contributed by atoms with Gasteiger partial charge in [0.05, 0.1) is 12.1 Å². The monoisotopic (exact) mass is 374 g/mol. The van der Waals surface area contributed by atoms with Crippen LogP contribution in [-0.4, -0.2) is 29.8 Å². The molecule has 0 aliphatic heterocycles. The van der Waals surface area contributed by atoms with Crippen molar-refractivity contribution in [2.45, 2.75) is 13.5 Å². The Morgan fingerprint density at radius 1 is 1.04 bits per heavy atom. The first-order valence-electron chi connectivity index (χ1n) is 7.46. The molecule has 2 rings (SSSR count). The number of hydrogen-bond donors (Lipinski definition) is 1. The van der Waals surface area contributed by atoms with Crippen molar-refractivity contribution >= 4 is 27.7 Å². The first-order chi connectivity index (χ1) is 11.1.